The van der Waals surface area contributed by atoms with Crippen molar-refractivity contribution in [2.45, 2.75) is 32.9 Å². The van der Waals surface area contributed by atoms with Crippen LogP contribution in [-0.4, -0.2) is 19.6 Å². The molecule has 0 amide bonds. The van der Waals surface area contributed by atoms with Gasteiger partial charge in [0.2, 0.25) is 0 Å². The van der Waals surface area contributed by atoms with Crippen LogP contribution in [0.15, 0.2) is 18.2 Å². The summed E-state index contributed by atoms with van der Waals surface area (Å²) in [6.07, 6.45) is 1.20. The first-order chi connectivity index (χ1) is 7.18. The van der Waals surface area contributed by atoms with Gasteiger partial charge >= 0.3 is 0 Å². The second-order valence-corrected chi connectivity index (χ2v) is 4.62. The van der Waals surface area contributed by atoms with E-state index < -0.39 is 0 Å². The van der Waals surface area contributed by atoms with Crippen molar-refractivity contribution in [1.82, 2.24) is 5.32 Å². The molecule has 82 valence electrons. The van der Waals surface area contributed by atoms with E-state index in [1.165, 1.54) is 23.2 Å². The summed E-state index contributed by atoms with van der Waals surface area (Å²) in [7, 11) is 2.17. The number of nitrogens with zero attached hydrogens (tertiary/aromatic N) is 1. The zero-order chi connectivity index (χ0) is 10.8. The smallest absolute Gasteiger partial charge is 0.0400 e. The van der Waals surface area contributed by atoms with Gasteiger partial charge in [0.1, 0.15) is 0 Å². The molecule has 0 radical (unpaired) electrons. The van der Waals surface area contributed by atoms with Crippen molar-refractivity contribution in [3.05, 3.63) is 29.3 Å². The molecule has 2 heteroatoms. The number of hydrogen-bond donors (Lipinski definition) is 1. The quantitative estimate of drug-likeness (QED) is 0.812. The van der Waals surface area contributed by atoms with Crippen molar-refractivity contribution in [3.63, 3.8) is 0 Å². The molecule has 1 aromatic rings. The van der Waals surface area contributed by atoms with E-state index in [9.17, 15) is 0 Å². The van der Waals surface area contributed by atoms with Crippen LogP contribution >= 0.6 is 0 Å². The largest absolute Gasteiger partial charge is 0.374 e. The highest BCUT2D eigenvalue weighted by atomic mass is 15.1. The Labute approximate surface area is 92.3 Å². The Kier molecular flexibility index (Phi) is 2.96. The van der Waals surface area contributed by atoms with Crippen molar-refractivity contribution >= 4 is 5.69 Å². The summed E-state index contributed by atoms with van der Waals surface area (Å²) in [4.78, 5) is 2.34. The van der Waals surface area contributed by atoms with Crippen molar-refractivity contribution in [1.29, 1.82) is 0 Å². The van der Waals surface area contributed by atoms with Crippen LogP contribution in [0.3, 0.4) is 0 Å². The summed E-state index contributed by atoms with van der Waals surface area (Å²) < 4.78 is 0. The first-order valence-corrected chi connectivity index (χ1v) is 5.74. The van der Waals surface area contributed by atoms with E-state index in [1.807, 2.05) is 0 Å². The zero-order valence-electron chi connectivity index (χ0n) is 9.88. The fourth-order valence-corrected chi connectivity index (χ4v) is 2.15. The monoisotopic (exact) mass is 204 g/mol. The molecule has 1 N–H and O–H groups in total. The predicted molar refractivity (Wildman–Crippen MR) is 65.4 cm³/mol. The maximum Gasteiger partial charge on any atom is 0.0400 e. The Morgan fingerprint density at radius 2 is 2.20 bits per heavy atom. The van der Waals surface area contributed by atoms with E-state index in [2.05, 4.69) is 49.3 Å². The second kappa shape index (κ2) is 4.23. The lowest BCUT2D eigenvalue weighted by atomic mass is 10.0. The minimum absolute atomic E-state index is 0.556. The average molecular weight is 204 g/mol. The Hall–Kier alpha value is -1.02. The van der Waals surface area contributed by atoms with Gasteiger partial charge in [-0.3, -0.25) is 0 Å². The molecular weight excluding hydrogens is 184 g/mol. The number of anilines is 1. The summed E-state index contributed by atoms with van der Waals surface area (Å²) in [5.41, 5.74) is 4.41. The van der Waals surface area contributed by atoms with Crippen LogP contribution in [0.4, 0.5) is 5.69 Å². The second-order valence-electron chi connectivity index (χ2n) is 4.62. The summed E-state index contributed by atoms with van der Waals surface area (Å²) in [6.45, 7) is 6.54. The van der Waals surface area contributed by atoms with Crippen LogP contribution in [0, 0.1) is 0 Å². The molecular formula is C13H20N2. The highest BCUT2D eigenvalue weighted by molar-refractivity contribution is 5.60. The molecule has 1 aliphatic rings. The maximum atomic E-state index is 3.49. The first kappa shape index (κ1) is 10.5. The van der Waals surface area contributed by atoms with Gasteiger partial charge < -0.3 is 10.2 Å². The molecule has 0 saturated carbocycles. The summed E-state index contributed by atoms with van der Waals surface area (Å²) in [5.74, 6) is 0. The number of fused-ring (bicyclic) bond motifs is 1. The van der Waals surface area contributed by atoms with E-state index in [4.69, 9.17) is 0 Å². The van der Waals surface area contributed by atoms with Crippen molar-refractivity contribution in [2.24, 2.45) is 0 Å². The molecule has 0 saturated heterocycles. The number of hydrogen-bond acceptors (Lipinski definition) is 2. The van der Waals surface area contributed by atoms with Gasteiger partial charge in [-0.2, -0.15) is 0 Å². The minimum Gasteiger partial charge on any atom is -0.374 e. The van der Waals surface area contributed by atoms with Gasteiger partial charge in [0.25, 0.3) is 0 Å². The van der Waals surface area contributed by atoms with Gasteiger partial charge in [0, 0.05) is 31.9 Å². The number of rotatable bonds is 3. The number of likely N-dealkylation sites (N-methyl/N-ethyl adjacent to an activating group) is 1. The molecule has 0 atom stereocenters. The van der Waals surface area contributed by atoms with Crippen LogP contribution in [0.25, 0.3) is 0 Å². The van der Waals surface area contributed by atoms with E-state index >= 15 is 0 Å². The van der Waals surface area contributed by atoms with Gasteiger partial charge in [-0.1, -0.05) is 26.0 Å². The molecule has 1 heterocycles. The summed E-state index contributed by atoms with van der Waals surface area (Å²) >= 11 is 0. The highest BCUT2D eigenvalue weighted by Gasteiger charge is 2.17. The van der Waals surface area contributed by atoms with Crippen LogP contribution in [0.1, 0.15) is 25.0 Å². The van der Waals surface area contributed by atoms with Crippen molar-refractivity contribution < 1.29 is 0 Å². The Morgan fingerprint density at radius 3 is 2.93 bits per heavy atom. The molecule has 0 bridgehead atoms. The van der Waals surface area contributed by atoms with Gasteiger partial charge in [-0.15, -0.1) is 0 Å². The Balaban J connectivity index is 2.19. The topological polar surface area (TPSA) is 15.3 Å². The molecule has 1 aromatic carbocycles. The molecule has 0 spiro atoms. The van der Waals surface area contributed by atoms with E-state index in [-0.39, 0.29) is 0 Å². The predicted octanol–water partition coefficient (Wildman–Crippen LogP) is 2.18. The molecule has 1 aliphatic heterocycles. The van der Waals surface area contributed by atoms with Crippen molar-refractivity contribution in [3.8, 4) is 0 Å². The van der Waals surface area contributed by atoms with Gasteiger partial charge in [-0.25, -0.2) is 0 Å². The molecule has 0 unspecified atom stereocenters. The highest BCUT2D eigenvalue weighted by Crippen LogP contribution is 2.29. The van der Waals surface area contributed by atoms with Gasteiger partial charge in [-0.05, 0) is 23.6 Å². The molecule has 0 fully saturated rings. The third kappa shape index (κ3) is 2.15. The maximum absolute atomic E-state index is 3.49. The standard InChI is InChI=1S/C13H20N2/c1-10(2)14-9-11-5-4-6-13-12(11)7-8-15(13)3/h4-6,10,14H,7-9H2,1-3H3. The number of benzene rings is 1. The SMILES string of the molecule is CC(C)NCc1cccc2c1CCN2C. The fraction of sp³-hybridized carbons (Fsp3) is 0.538. The van der Waals surface area contributed by atoms with Crippen LogP contribution < -0.4 is 10.2 Å². The van der Waals surface area contributed by atoms with E-state index in [0.717, 1.165) is 13.1 Å². The molecule has 0 aliphatic carbocycles. The fourth-order valence-electron chi connectivity index (χ4n) is 2.15. The molecule has 0 aromatic heterocycles. The zero-order valence-corrected chi connectivity index (χ0v) is 9.88. The minimum atomic E-state index is 0.556. The molecule has 15 heavy (non-hydrogen) atoms. The molecule has 2 nitrogen and oxygen atoms in total. The lowest BCUT2D eigenvalue weighted by Crippen LogP contribution is -2.22. The number of nitrogens with one attached hydrogen (secondary N) is 1. The van der Waals surface area contributed by atoms with Crippen LogP contribution in [-0.2, 0) is 13.0 Å². The lowest BCUT2D eigenvalue weighted by molar-refractivity contribution is 0.587. The summed E-state index contributed by atoms with van der Waals surface area (Å²) in [6, 6.07) is 7.19. The van der Waals surface area contributed by atoms with Crippen LogP contribution in [0.5, 0.6) is 0 Å². The third-order valence-corrected chi connectivity index (χ3v) is 3.06. The van der Waals surface area contributed by atoms with Gasteiger partial charge in [0.15, 0.2) is 0 Å². The normalized spacial score (nSPS) is 14.8. The van der Waals surface area contributed by atoms with E-state index in [1.54, 1.807) is 0 Å². The summed E-state index contributed by atoms with van der Waals surface area (Å²) in [5, 5.41) is 3.49. The first-order valence-electron chi connectivity index (χ1n) is 5.74. The third-order valence-electron chi connectivity index (χ3n) is 3.06. The van der Waals surface area contributed by atoms with Crippen molar-refractivity contribution in [2.75, 3.05) is 18.5 Å². The average Bonchev–Trinajstić information content (AvgIpc) is 2.58. The lowest BCUT2D eigenvalue weighted by Gasteiger charge is -2.14. The van der Waals surface area contributed by atoms with E-state index in [0.29, 0.717) is 6.04 Å². The van der Waals surface area contributed by atoms with Gasteiger partial charge in [0.05, 0.1) is 0 Å². The molecule has 2 rings (SSSR count). The Morgan fingerprint density at radius 1 is 1.40 bits per heavy atom. The Bertz CT molecular complexity index is 344. The van der Waals surface area contributed by atoms with Crippen LogP contribution in [0.2, 0.25) is 0 Å².